The lowest BCUT2D eigenvalue weighted by molar-refractivity contribution is -0.144. The molecule has 12 nitrogen and oxygen atoms in total. The molecule has 0 fully saturated rings. The predicted octanol–water partition coefficient (Wildman–Crippen LogP) is 5.03. The number of thiazole rings is 1. The fourth-order valence-corrected chi connectivity index (χ4v) is 7.91. The number of aromatic nitrogens is 4. The van der Waals surface area contributed by atoms with Gasteiger partial charge < -0.3 is 9.47 Å². The Balaban J connectivity index is 1.23. The van der Waals surface area contributed by atoms with Gasteiger partial charge in [-0.2, -0.15) is 26.0 Å². The Morgan fingerprint density at radius 1 is 0.980 bits per heavy atom. The highest BCUT2D eigenvalue weighted by molar-refractivity contribution is 7.92. The molecule has 6 aromatic rings. The number of fused-ring (bicyclic) bond motifs is 2. The molecule has 0 radical (unpaired) electrons. The number of aryl methyl sites for hydroxylation is 1. The third-order valence-electron chi connectivity index (χ3n) is 7.28. The number of alkyl halides is 3. The number of sulfonamides is 1. The van der Waals surface area contributed by atoms with Gasteiger partial charge in [-0.25, -0.2) is 19.1 Å². The molecule has 6 rings (SSSR count). The third-order valence-corrected chi connectivity index (χ3v) is 10.9. The Kier molecular flexibility index (Phi) is 8.80. The molecule has 18 heteroatoms. The van der Waals surface area contributed by atoms with E-state index in [0.717, 1.165) is 35.5 Å². The maximum Gasteiger partial charge on any atom is 0.431 e. The Morgan fingerprint density at radius 2 is 1.69 bits per heavy atom. The molecule has 0 unspecified atom stereocenters. The van der Waals surface area contributed by atoms with Crippen molar-refractivity contribution < 1.29 is 35.9 Å². The number of carbonyl (C=O) groups excluding carboxylic acids is 1. The van der Waals surface area contributed by atoms with E-state index in [1.54, 1.807) is 49.4 Å². The van der Waals surface area contributed by atoms with Gasteiger partial charge in [0.25, 0.3) is 21.5 Å². The van der Waals surface area contributed by atoms with Crippen LogP contribution in [0.1, 0.15) is 18.2 Å². The number of nitrogens with one attached hydrogen (secondary N) is 1. The summed E-state index contributed by atoms with van der Waals surface area (Å²) in [4.78, 5) is 42.4. The van der Waals surface area contributed by atoms with Crippen molar-refractivity contribution in [1.82, 2.24) is 23.2 Å². The summed E-state index contributed by atoms with van der Waals surface area (Å²) >= 11 is 2.01. The number of hydrogen-bond acceptors (Lipinski definition) is 11. The van der Waals surface area contributed by atoms with Gasteiger partial charge in [-0.05, 0) is 73.4 Å². The SMILES string of the molecule is CCOc1ccc2sc(S(=O)(=O)NC(=O)COc3ccc(C)c(-c4nsc5ccc(-n6c(=O)cc(C(F)(F)F)n(C)c6=O)cc45)c3)nc2c1. The number of carbonyl (C=O) groups is 1. The van der Waals surface area contributed by atoms with Crippen LogP contribution in [0.3, 0.4) is 0 Å². The van der Waals surface area contributed by atoms with E-state index < -0.39 is 45.7 Å². The number of hydrogen-bond donors (Lipinski definition) is 1. The first-order chi connectivity index (χ1) is 23.2. The third kappa shape index (κ3) is 6.66. The standard InChI is InChI=1S/C31H24F3N5O7S3/c1-4-45-19-8-10-24-22(13-19)35-29(47-24)49(43,44)37-26(40)15-46-18-7-5-16(2)20(12-18)28-21-11-17(6-9-23(21)48-36-28)39-27(41)14-25(31(32,33)34)38(3)30(39)42/h5-14H,4,15H2,1-3H3,(H,37,40). The maximum atomic E-state index is 13.4. The summed E-state index contributed by atoms with van der Waals surface area (Å²) in [6.07, 6.45) is -4.90. The summed E-state index contributed by atoms with van der Waals surface area (Å²) in [6.45, 7) is 3.39. The zero-order chi connectivity index (χ0) is 35.2. The molecule has 49 heavy (non-hydrogen) atoms. The quantitative estimate of drug-likeness (QED) is 0.216. The van der Waals surface area contributed by atoms with Crippen LogP contribution in [0, 0.1) is 6.92 Å². The van der Waals surface area contributed by atoms with Gasteiger partial charge in [0.05, 0.1) is 32.9 Å². The number of nitrogens with zero attached hydrogens (tertiary/aromatic N) is 4. The second-order valence-corrected chi connectivity index (χ2v) is 14.3. The van der Waals surface area contributed by atoms with Crippen LogP contribution >= 0.6 is 22.9 Å². The number of amides is 1. The van der Waals surface area contributed by atoms with Crippen LogP contribution in [0.2, 0.25) is 0 Å². The van der Waals surface area contributed by atoms with Crippen molar-refractivity contribution in [3.63, 3.8) is 0 Å². The minimum atomic E-state index is -4.90. The first-order valence-electron chi connectivity index (χ1n) is 14.3. The lowest BCUT2D eigenvalue weighted by atomic mass is 10.0. The maximum absolute atomic E-state index is 13.4. The van der Waals surface area contributed by atoms with E-state index in [4.69, 9.17) is 9.47 Å². The van der Waals surface area contributed by atoms with Gasteiger partial charge in [0, 0.05) is 30.1 Å². The lowest BCUT2D eigenvalue weighted by Gasteiger charge is -2.14. The summed E-state index contributed by atoms with van der Waals surface area (Å²) in [5.41, 5.74) is -1.52. The van der Waals surface area contributed by atoms with Crippen LogP contribution in [0.5, 0.6) is 11.5 Å². The molecule has 0 bridgehead atoms. The van der Waals surface area contributed by atoms with Crippen molar-refractivity contribution in [2.24, 2.45) is 7.05 Å². The van der Waals surface area contributed by atoms with E-state index >= 15 is 0 Å². The molecule has 0 saturated heterocycles. The monoisotopic (exact) mass is 731 g/mol. The summed E-state index contributed by atoms with van der Waals surface area (Å²) in [5.74, 6) is -0.198. The largest absolute Gasteiger partial charge is 0.494 e. The van der Waals surface area contributed by atoms with Crippen molar-refractivity contribution in [1.29, 1.82) is 0 Å². The number of rotatable bonds is 9. The van der Waals surface area contributed by atoms with Crippen LogP contribution in [-0.4, -0.2) is 46.0 Å². The predicted molar refractivity (Wildman–Crippen MR) is 177 cm³/mol. The first kappa shape index (κ1) is 33.8. The van der Waals surface area contributed by atoms with Gasteiger partial charge in [-0.15, -0.1) is 11.3 Å². The van der Waals surface area contributed by atoms with E-state index in [1.165, 1.54) is 12.1 Å². The zero-order valence-electron chi connectivity index (χ0n) is 25.7. The van der Waals surface area contributed by atoms with E-state index in [2.05, 4.69) is 9.36 Å². The second-order valence-electron chi connectivity index (χ2n) is 10.6. The molecule has 0 aliphatic heterocycles. The Labute approximate surface area is 283 Å². The van der Waals surface area contributed by atoms with E-state index in [9.17, 15) is 36.0 Å². The Bertz CT molecular complexity index is 2500. The molecule has 0 aliphatic carbocycles. The van der Waals surface area contributed by atoms with Gasteiger partial charge in [0.15, 0.2) is 6.61 Å². The second kappa shape index (κ2) is 12.8. The summed E-state index contributed by atoms with van der Waals surface area (Å²) in [6, 6.07) is 14.7. The average molecular weight is 732 g/mol. The van der Waals surface area contributed by atoms with Crippen molar-refractivity contribution >= 4 is 59.1 Å². The lowest BCUT2D eigenvalue weighted by Crippen LogP contribution is -2.40. The molecule has 254 valence electrons. The van der Waals surface area contributed by atoms with Crippen molar-refractivity contribution in [3.8, 4) is 28.4 Å². The zero-order valence-corrected chi connectivity index (χ0v) is 28.1. The van der Waals surface area contributed by atoms with Crippen LogP contribution in [0.25, 0.3) is 37.2 Å². The number of benzene rings is 3. The smallest absolute Gasteiger partial charge is 0.431 e. The van der Waals surface area contributed by atoms with Crippen LogP contribution in [0.15, 0.2) is 74.6 Å². The van der Waals surface area contributed by atoms with Crippen molar-refractivity contribution in [3.05, 3.63) is 92.8 Å². The molecule has 3 heterocycles. The molecule has 0 aliphatic rings. The molecule has 1 amide bonds. The molecular weight excluding hydrogens is 708 g/mol. The minimum Gasteiger partial charge on any atom is -0.494 e. The van der Waals surface area contributed by atoms with Crippen molar-refractivity contribution in [2.75, 3.05) is 13.2 Å². The summed E-state index contributed by atoms with van der Waals surface area (Å²) in [7, 11) is -3.36. The van der Waals surface area contributed by atoms with Gasteiger partial charge in [0.1, 0.15) is 17.2 Å². The average Bonchev–Trinajstić information content (AvgIpc) is 3.66. The van der Waals surface area contributed by atoms with E-state index in [0.29, 0.717) is 59.1 Å². The Hall–Kier alpha value is -5.07. The number of halogens is 3. The van der Waals surface area contributed by atoms with Crippen LogP contribution in [0.4, 0.5) is 13.2 Å². The topological polar surface area (TPSA) is 151 Å². The van der Waals surface area contributed by atoms with Gasteiger partial charge in [-0.1, -0.05) is 6.07 Å². The fourth-order valence-electron chi connectivity index (χ4n) is 4.97. The van der Waals surface area contributed by atoms with Gasteiger partial charge in [-0.3, -0.25) is 14.2 Å². The number of ether oxygens (including phenoxy) is 2. The normalized spacial score (nSPS) is 12.0. The van der Waals surface area contributed by atoms with E-state index in [-0.39, 0.29) is 15.8 Å². The first-order valence-corrected chi connectivity index (χ1v) is 17.4. The molecule has 0 spiro atoms. The molecule has 0 atom stereocenters. The van der Waals surface area contributed by atoms with Crippen LogP contribution < -0.4 is 25.4 Å². The molecular formula is C31H24F3N5O7S3. The molecule has 3 aromatic carbocycles. The Morgan fingerprint density at radius 3 is 2.43 bits per heavy atom. The molecule has 1 N–H and O–H groups in total. The fraction of sp³-hybridized carbons (Fsp3) is 0.194. The highest BCUT2D eigenvalue weighted by atomic mass is 32.2. The highest BCUT2D eigenvalue weighted by Crippen LogP contribution is 2.36. The summed E-state index contributed by atoms with van der Waals surface area (Å²) in [5, 5.41) is 0.504. The molecule has 3 aromatic heterocycles. The van der Waals surface area contributed by atoms with Crippen LogP contribution in [-0.2, 0) is 28.0 Å². The van der Waals surface area contributed by atoms with Gasteiger partial charge >= 0.3 is 11.9 Å². The summed E-state index contributed by atoms with van der Waals surface area (Å²) < 4.78 is 85.3. The molecule has 0 saturated carbocycles. The van der Waals surface area contributed by atoms with Gasteiger partial charge in [0.2, 0.25) is 4.34 Å². The van der Waals surface area contributed by atoms with Crippen molar-refractivity contribution in [2.45, 2.75) is 24.4 Å². The van der Waals surface area contributed by atoms with E-state index in [1.807, 2.05) is 11.6 Å². The minimum absolute atomic E-state index is 0.0408. The highest BCUT2D eigenvalue weighted by Gasteiger charge is 2.35.